The standard InChI is InChI=1S/C43H33NO/c1-43(2)39-27-31(17-21-32-11-8-13-38-37-12-6-7-14-41(37)45-42(32)38)20-25-35(39)36-26-24-34(28-40(36)43)44-33-22-18-30(19-23-33)16-15-29-9-4-3-5-10-29/h3-28,44H,1-2H3/b16-15+,21-17+. The second-order valence-electron chi connectivity index (χ2n) is 12.3. The maximum atomic E-state index is 6.25. The minimum atomic E-state index is -0.114. The first kappa shape index (κ1) is 27.0. The number of hydrogen-bond donors (Lipinski definition) is 1. The maximum Gasteiger partial charge on any atom is 0.142 e. The number of para-hydroxylation sites is 2. The SMILES string of the molecule is CC1(C)c2cc(/C=C/c3cccc4c3oc3ccccc34)ccc2-c2ccc(Nc3ccc(/C=C/c4ccccc4)cc3)cc21. The molecule has 7 aromatic rings. The molecule has 1 aliphatic rings. The number of rotatable bonds is 6. The molecule has 0 fully saturated rings. The molecule has 8 rings (SSSR count). The summed E-state index contributed by atoms with van der Waals surface area (Å²) in [6.07, 6.45) is 8.67. The van der Waals surface area contributed by atoms with Crippen LogP contribution in [0.5, 0.6) is 0 Å². The van der Waals surface area contributed by atoms with Crippen LogP contribution in [0.4, 0.5) is 11.4 Å². The molecule has 0 aliphatic heterocycles. The van der Waals surface area contributed by atoms with Gasteiger partial charge in [-0.15, -0.1) is 0 Å². The van der Waals surface area contributed by atoms with Gasteiger partial charge >= 0.3 is 0 Å². The van der Waals surface area contributed by atoms with Gasteiger partial charge in [-0.1, -0.05) is 141 Å². The summed E-state index contributed by atoms with van der Waals surface area (Å²) in [5.74, 6) is 0. The van der Waals surface area contributed by atoms with Crippen LogP contribution in [-0.2, 0) is 5.41 Å². The minimum Gasteiger partial charge on any atom is -0.455 e. The second-order valence-corrected chi connectivity index (χ2v) is 12.3. The second kappa shape index (κ2) is 10.8. The summed E-state index contributed by atoms with van der Waals surface area (Å²) in [4.78, 5) is 0. The molecule has 1 N–H and O–H groups in total. The average Bonchev–Trinajstić information content (AvgIpc) is 3.56. The van der Waals surface area contributed by atoms with Gasteiger partial charge in [0.05, 0.1) is 0 Å². The lowest BCUT2D eigenvalue weighted by Gasteiger charge is -2.22. The van der Waals surface area contributed by atoms with Crippen LogP contribution in [0, 0.1) is 0 Å². The highest BCUT2D eigenvalue weighted by Gasteiger charge is 2.35. The van der Waals surface area contributed by atoms with E-state index in [1.54, 1.807) is 0 Å². The van der Waals surface area contributed by atoms with Crippen LogP contribution in [0.25, 0.3) is 57.4 Å². The summed E-state index contributed by atoms with van der Waals surface area (Å²) < 4.78 is 6.25. The lowest BCUT2D eigenvalue weighted by atomic mass is 9.82. The predicted octanol–water partition coefficient (Wildman–Crippen LogP) is 12.0. The van der Waals surface area contributed by atoms with E-state index in [0.717, 1.165) is 38.9 Å². The van der Waals surface area contributed by atoms with Crippen molar-refractivity contribution < 1.29 is 4.42 Å². The molecule has 1 heterocycles. The molecule has 0 atom stereocenters. The van der Waals surface area contributed by atoms with Crippen LogP contribution in [0.3, 0.4) is 0 Å². The van der Waals surface area contributed by atoms with Gasteiger partial charge < -0.3 is 9.73 Å². The van der Waals surface area contributed by atoms with E-state index in [1.807, 2.05) is 18.2 Å². The molecule has 0 amide bonds. The summed E-state index contributed by atoms with van der Waals surface area (Å²) in [6.45, 7) is 4.66. The Morgan fingerprint density at radius 1 is 0.511 bits per heavy atom. The maximum absolute atomic E-state index is 6.25. The third-order valence-electron chi connectivity index (χ3n) is 9.06. The lowest BCUT2D eigenvalue weighted by molar-refractivity contribution is 0.660. The molecule has 45 heavy (non-hydrogen) atoms. The van der Waals surface area contributed by atoms with Gasteiger partial charge in [-0.2, -0.15) is 0 Å². The zero-order valence-corrected chi connectivity index (χ0v) is 25.4. The number of nitrogens with one attached hydrogen (secondary N) is 1. The van der Waals surface area contributed by atoms with E-state index in [2.05, 4.69) is 159 Å². The van der Waals surface area contributed by atoms with Crippen molar-refractivity contribution in [2.75, 3.05) is 5.32 Å². The molecule has 0 unspecified atom stereocenters. The van der Waals surface area contributed by atoms with Crippen molar-refractivity contribution in [3.63, 3.8) is 0 Å². The molecule has 216 valence electrons. The Kier molecular flexibility index (Phi) is 6.50. The Bertz CT molecular complexity index is 2250. The molecule has 0 radical (unpaired) electrons. The lowest BCUT2D eigenvalue weighted by Crippen LogP contribution is -2.15. The predicted molar refractivity (Wildman–Crippen MR) is 192 cm³/mol. The molecule has 2 heteroatoms. The molecule has 0 saturated heterocycles. The minimum absolute atomic E-state index is 0.114. The number of benzene rings is 6. The smallest absolute Gasteiger partial charge is 0.142 e. The summed E-state index contributed by atoms with van der Waals surface area (Å²) >= 11 is 0. The zero-order chi connectivity index (χ0) is 30.4. The van der Waals surface area contributed by atoms with E-state index in [1.165, 1.54) is 38.9 Å². The van der Waals surface area contributed by atoms with Crippen LogP contribution in [0.2, 0.25) is 0 Å². The Labute approximate surface area is 264 Å². The molecule has 0 saturated carbocycles. The monoisotopic (exact) mass is 579 g/mol. The third-order valence-corrected chi connectivity index (χ3v) is 9.06. The summed E-state index contributed by atoms with van der Waals surface area (Å²) in [5, 5.41) is 5.93. The highest BCUT2D eigenvalue weighted by atomic mass is 16.3. The molecule has 1 aliphatic carbocycles. The Morgan fingerprint density at radius 2 is 1.13 bits per heavy atom. The fourth-order valence-corrected chi connectivity index (χ4v) is 6.62. The van der Waals surface area contributed by atoms with E-state index < -0.39 is 0 Å². The van der Waals surface area contributed by atoms with Gasteiger partial charge in [0.1, 0.15) is 11.2 Å². The highest BCUT2D eigenvalue weighted by molar-refractivity contribution is 6.07. The summed E-state index contributed by atoms with van der Waals surface area (Å²) in [6, 6.07) is 47.2. The van der Waals surface area contributed by atoms with E-state index >= 15 is 0 Å². The average molecular weight is 580 g/mol. The molecule has 1 aromatic heterocycles. The highest BCUT2D eigenvalue weighted by Crippen LogP contribution is 2.50. The molecule has 6 aromatic carbocycles. The Hall–Kier alpha value is -5.60. The number of furan rings is 1. The number of anilines is 2. The third kappa shape index (κ3) is 4.95. The van der Waals surface area contributed by atoms with Crippen LogP contribution >= 0.6 is 0 Å². The van der Waals surface area contributed by atoms with Crippen molar-refractivity contribution in [3.05, 3.63) is 167 Å². The van der Waals surface area contributed by atoms with Crippen molar-refractivity contribution in [3.8, 4) is 11.1 Å². The van der Waals surface area contributed by atoms with E-state index in [-0.39, 0.29) is 5.41 Å². The first-order valence-electron chi connectivity index (χ1n) is 15.5. The van der Waals surface area contributed by atoms with Crippen molar-refractivity contribution in [2.24, 2.45) is 0 Å². The van der Waals surface area contributed by atoms with E-state index in [4.69, 9.17) is 4.42 Å². The van der Waals surface area contributed by atoms with Gasteiger partial charge in [-0.05, 0) is 69.3 Å². The van der Waals surface area contributed by atoms with Gasteiger partial charge in [0.25, 0.3) is 0 Å². The van der Waals surface area contributed by atoms with Crippen LogP contribution in [0.1, 0.15) is 47.2 Å². The van der Waals surface area contributed by atoms with Gasteiger partial charge in [-0.3, -0.25) is 0 Å². The van der Waals surface area contributed by atoms with Crippen LogP contribution in [-0.4, -0.2) is 0 Å². The van der Waals surface area contributed by atoms with Gasteiger partial charge in [0, 0.05) is 33.1 Å². The zero-order valence-electron chi connectivity index (χ0n) is 25.4. The molecule has 0 spiro atoms. The molecular weight excluding hydrogens is 546 g/mol. The number of hydrogen-bond acceptors (Lipinski definition) is 2. The molecule has 2 nitrogen and oxygen atoms in total. The normalized spacial score (nSPS) is 13.6. The Balaban J connectivity index is 1.03. The first-order chi connectivity index (χ1) is 22.0. The fourth-order valence-electron chi connectivity index (χ4n) is 6.62. The number of fused-ring (bicyclic) bond motifs is 6. The van der Waals surface area contributed by atoms with Gasteiger partial charge in [-0.25, -0.2) is 0 Å². The van der Waals surface area contributed by atoms with Gasteiger partial charge in [0.2, 0.25) is 0 Å². The topological polar surface area (TPSA) is 25.2 Å². The summed E-state index contributed by atoms with van der Waals surface area (Å²) in [7, 11) is 0. The Morgan fingerprint density at radius 3 is 1.96 bits per heavy atom. The van der Waals surface area contributed by atoms with Crippen LogP contribution < -0.4 is 5.32 Å². The van der Waals surface area contributed by atoms with Crippen molar-refractivity contribution >= 4 is 57.6 Å². The van der Waals surface area contributed by atoms with Crippen molar-refractivity contribution in [1.82, 2.24) is 0 Å². The van der Waals surface area contributed by atoms with E-state index in [9.17, 15) is 0 Å². The molecular formula is C43H33NO. The summed E-state index contributed by atoms with van der Waals surface area (Å²) in [5.41, 5.74) is 13.9. The van der Waals surface area contributed by atoms with Crippen LogP contribution in [0.15, 0.2) is 138 Å². The molecule has 0 bridgehead atoms. The van der Waals surface area contributed by atoms with Gasteiger partial charge in [0.15, 0.2) is 0 Å². The quantitative estimate of drug-likeness (QED) is 0.198. The largest absolute Gasteiger partial charge is 0.455 e. The van der Waals surface area contributed by atoms with E-state index in [0.29, 0.717) is 0 Å². The first-order valence-corrected chi connectivity index (χ1v) is 15.5. The fraction of sp³-hybridized carbons (Fsp3) is 0.0698. The van der Waals surface area contributed by atoms with Crippen molar-refractivity contribution in [1.29, 1.82) is 0 Å². The van der Waals surface area contributed by atoms with Crippen molar-refractivity contribution in [2.45, 2.75) is 19.3 Å².